The number of esters is 1. The van der Waals surface area contributed by atoms with E-state index in [1.165, 1.54) is 29.1 Å². The number of carbonyl (C=O) groups is 2. The van der Waals surface area contributed by atoms with E-state index in [0.29, 0.717) is 5.82 Å². The quantitative estimate of drug-likeness (QED) is 0.440. The van der Waals surface area contributed by atoms with Gasteiger partial charge in [-0.15, -0.1) is 0 Å². The minimum atomic E-state index is -0.636. The van der Waals surface area contributed by atoms with Gasteiger partial charge in [-0.25, -0.2) is 14.2 Å². The molecule has 0 aliphatic rings. The molecule has 33 heavy (non-hydrogen) atoms. The molecular weight excluding hydrogens is 423 g/mol. The van der Waals surface area contributed by atoms with Crippen molar-refractivity contribution in [2.75, 3.05) is 11.9 Å². The summed E-state index contributed by atoms with van der Waals surface area (Å²) < 4.78 is 20.1. The summed E-state index contributed by atoms with van der Waals surface area (Å²) in [7, 11) is 0. The number of carbonyl (C=O) groups excluding carboxylic acids is 2. The average Bonchev–Trinajstić information content (AvgIpc) is 3.18. The lowest BCUT2D eigenvalue weighted by atomic mass is 10.0. The van der Waals surface area contributed by atoms with Gasteiger partial charge in [0, 0.05) is 10.9 Å². The number of nitrogens with one attached hydrogen (secondary N) is 1. The minimum Gasteiger partial charge on any atom is -0.462 e. The van der Waals surface area contributed by atoms with E-state index in [0.717, 1.165) is 33.7 Å². The molecule has 0 saturated carbocycles. The van der Waals surface area contributed by atoms with Gasteiger partial charge in [0.05, 0.1) is 18.3 Å². The largest absolute Gasteiger partial charge is 0.462 e. The molecule has 0 unspecified atom stereocenters. The third kappa shape index (κ3) is 4.32. The van der Waals surface area contributed by atoms with Crippen LogP contribution in [0.1, 0.15) is 44.3 Å². The molecule has 2 aromatic heterocycles. The zero-order valence-electron chi connectivity index (χ0n) is 18.8. The number of fused-ring (bicyclic) bond motifs is 1. The van der Waals surface area contributed by atoms with E-state index >= 15 is 0 Å². The Hall–Kier alpha value is -4.07. The van der Waals surface area contributed by atoms with Gasteiger partial charge in [0.1, 0.15) is 11.4 Å². The molecule has 4 rings (SSSR count). The molecule has 2 aromatic carbocycles. The van der Waals surface area contributed by atoms with Gasteiger partial charge in [0.15, 0.2) is 11.6 Å². The van der Waals surface area contributed by atoms with Crippen LogP contribution in [0.4, 0.5) is 10.2 Å². The molecule has 0 spiro atoms. The molecule has 1 N–H and O–H groups in total. The van der Waals surface area contributed by atoms with Crippen molar-refractivity contribution < 1.29 is 18.7 Å². The summed E-state index contributed by atoms with van der Waals surface area (Å²) in [6.45, 7) is 7.82. The van der Waals surface area contributed by atoms with Gasteiger partial charge in [-0.2, -0.15) is 9.78 Å². The highest BCUT2D eigenvalue weighted by molar-refractivity contribution is 6.07. The number of hydrogen-bond acceptors (Lipinski definition) is 5. The summed E-state index contributed by atoms with van der Waals surface area (Å²) in [6.07, 6.45) is 1.32. The maximum Gasteiger partial charge on any atom is 0.343 e. The number of amides is 1. The Balaban J connectivity index is 1.85. The molecule has 7 nitrogen and oxygen atoms in total. The molecule has 0 saturated heterocycles. The Labute approximate surface area is 190 Å². The Morgan fingerprint density at radius 3 is 2.61 bits per heavy atom. The minimum absolute atomic E-state index is 0.0711. The molecule has 0 fully saturated rings. The average molecular weight is 446 g/mol. The summed E-state index contributed by atoms with van der Waals surface area (Å²) in [5.74, 6) is -1.25. The highest BCUT2D eigenvalue weighted by atomic mass is 19.1. The van der Waals surface area contributed by atoms with E-state index in [1.54, 1.807) is 6.92 Å². The van der Waals surface area contributed by atoms with Crippen molar-refractivity contribution in [3.05, 3.63) is 82.3 Å². The molecule has 0 atom stereocenters. The number of nitrogens with zero attached hydrogens (tertiary/aromatic N) is 3. The molecule has 0 bridgehead atoms. The summed E-state index contributed by atoms with van der Waals surface area (Å²) in [6, 6.07) is 11.2. The van der Waals surface area contributed by atoms with Crippen LogP contribution >= 0.6 is 0 Å². The topological polar surface area (TPSA) is 86.1 Å². The third-order valence-electron chi connectivity index (χ3n) is 5.24. The lowest BCUT2D eigenvalue weighted by Crippen LogP contribution is -2.18. The Morgan fingerprint density at radius 2 is 1.88 bits per heavy atom. The third-order valence-corrected chi connectivity index (χ3v) is 5.24. The van der Waals surface area contributed by atoms with Crippen molar-refractivity contribution in [1.29, 1.82) is 0 Å². The Bertz CT molecular complexity index is 1390. The summed E-state index contributed by atoms with van der Waals surface area (Å²) >= 11 is 0. The Kier molecular flexibility index (Phi) is 5.91. The van der Waals surface area contributed by atoms with Gasteiger partial charge in [-0.1, -0.05) is 17.7 Å². The lowest BCUT2D eigenvalue weighted by Gasteiger charge is -2.13. The summed E-state index contributed by atoms with van der Waals surface area (Å²) in [5, 5.41) is 8.01. The van der Waals surface area contributed by atoms with Crippen molar-refractivity contribution in [2.45, 2.75) is 27.7 Å². The number of ether oxygens (including phenoxy) is 1. The predicted molar refractivity (Wildman–Crippen MR) is 123 cm³/mol. The molecule has 2 heterocycles. The molecule has 1 amide bonds. The van der Waals surface area contributed by atoms with Crippen LogP contribution in [0.5, 0.6) is 0 Å². The fourth-order valence-corrected chi connectivity index (χ4v) is 3.75. The van der Waals surface area contributed by atoms with Crippen LogP contribution in [0.15, 0.2) is 48.7 Å². The van der Waals surface area contributed by atoms with E-state index in [1.807, 2.05) is 32.9 Å². The zero-order valence-corrected chi connectivity index (χ0v) is 18.8. The maximum atomic E-state index is 13.6. The molecule has 0 aliphatic carbocycles. The monoisotopic (exact) mass is 446 g/mol. The van der Waals surface area contributed by atoms with Gasteiger partial charge in [0.25, 0.3) is 5.91 Å². The van der Waals surface area contributed by atoms with Gasteiger partial charge in [-0.3, -0.25) is 4.79 Å². The smallest absolute Gasteiger partial charge is 0.343 e. The van der Waals surface area contributed by atoms with Crippen LogP contribution in [0.3, 0.4) is 0 Å². The van der Waals surface area contributed by atoms with Crippen LogP contribution in [0.2, 0.25) is 0 Å². The molecular formula is C25H23FN4O3. The second kappa shape index (κ2) is 8.82. The predicted octanol–water partition coefficient (Wildman–Crippen LogP) is 4.91. The molecule has 0 radical (unpaired) electrons. The zero-order chi connectivity index (χ0) is 23.7. The van der Waals surface area contributed by atoms with Crippen LogP contribution in [-0.2, 0) is 4.74 Å². The van der Waals surface area contributed by atoms with Crippen LogP contribution in [-0.4, -0.2) is 33.2 Å². The van der Waals surface area contributed by atoms with Crippen molar-refractivity contribution in [1.82, 2.24) is 14.8 Å². The fourth-order valence-electron chi connectivity index (χ4n) is 3.75. The van der Waals surface area contributed by atoms with Gasteiger partial charge in [0.2, 0.25) is 0 Å². The van der Waals surface area contributed by atoms with Gasteiger partial charge < -0.3 is 10.1 Å². The highest BCUT2D eigenvalue weighted by Crippen LogP contribution is 2.27. The number of pyridine rings is 1. The van der Waals surface area contributed by atoms with Gasteiger partial charge in [-0.05, 0) is 69.2 Å². The molecule has 0 aliphatic heterocycles. The number of aromatic nitrogens is 3. The van der Waals surface area contributed by atoms with Crippen molar-refractivity contribution in [3.63, 3.8) is 0 Å². The number of aryl methyl sites for hydroxylation is 3. The van der Waals surface area contributed by atoms with Crippen molar-refractivity contribution >= 4 is 28.6 Å². The van der Waals surface area contributed by atoms with Gasteiger partial charge >= 0.3 is 5.97 Å². The van der Waals surface area contributed by atoms with E-state index < -0.39 is 17.7 Å². The second-order valence-electron chi connectivity index (χ2n) is 7.78. The van der Waals surface area contributed by atoms with Crippen LogP contribution < -0.4 is 5.32 Å². The summed E-state index contributed by atoms with van der Waals surface area (Å²) in [5.41, 5.74) is 4.07. The molecule has 4 aromatic rings. The number of anilines is 1. The van der Waals surface area contributed by atoms with E-state index in [-0.39, 0.29) is 23.6 Å². The first-order valence-corrected chi connectivity index (χ1v) is 10.5. The molecule has 168 valence electrons. The highest BCUT2D eigenvalue weighted by Gasteiger charge is 2.23. The Morgan fingerprint density at radius 1 is 1.09 bits per heavy atom. The number of hydrogen-bond donors (Lipinski definition) is 1. The van der Waals surface area contributed by atoms with Crippen molar-refractivity contribution in [2.24, 2.45) is 0 Å². The fraction of sp³-hybridized carbons (Fsp3) is 0.200. The number of benzene rings is 2. The van der Waals surface area contributed by atoms with E-state index in [4.69, 9.17) is 9.72 Å². The summed E-state index contributed by atoms with van der Waals surface area (Å²) in [4.78, 5) is 30.2. The molecule has 8 heteroatoms. The standard InChI is InChI=1S/C25H23FN4O3/c1-5-33-25(32)20-13-27-30(23(20)29-24(31)17-7-6-8-18(26)12-17)21-11-15(3)19-10-14(2)9-16(4)22(19)28-21/h6-13H,5H2,1-4H3,(H,29,31). The first-order valence-electron chi connectivity index (χ1n) is 10.5. The van der Waals surface area contributed by atoms with Crippen LogP contribution in [0, 0.1) is 26.6 Å². The van der Waals surface area contributed by atoms with Crippen LogP contribution in [0.25, 0.3) is 16.7 Å². The van der Waals surface area contributed by atoms with Crippen molar-refractivity contribution in [3.8, 4) is 5.82 Å². The number of rotatable bonds is 5. The first kappa shape index (κ1) is 22.1. The maximum absolute atomic E-state index is 13.6. The second-order valence-corrected chi connectivity index (χ2v) is 7.78. The number of halogens is 1. The first-order chi connectivity index (χ1) is 15.8. The van der Waals surface area contributed by atoms with E-state index in [9.17, 15) is 14.0 Å². The SMILES string of the molecule is CCOC(=O)c1cnn(-c2cc(C)c3cc(C)cc(C)c3n2)c1NC(=O)c1cccc(F)c1. The lowest BCUT2D eigenvalue weighted by molar-refractivity contribution is 0.0527. The van der Waals surface area contributed by atoms with E-state index in [2.05, 4.69) is 16.5 Å². The normalized spacial score (nSPS) is 10.9.